The molecule has 2 rings (SSSR count). The summed E-state index contributed by atoms with van der Waals surface area (Å²) in [6, 6.07) is 11.9. The number of nitrogens with two attached hydrogens (primary N) is 2. The topological polar surface area (TPSA) is 64.1 Å². The summed E-state index contributed by atoms with van der Waals surface area (Å²) in [5.41, 5.74) is 13.8. The van der Waals surface area contributed by atoms with Gasteiger partial charge < -0.3 is 16.8 Å². The third-order valence-corrected chi connectivity index (χ3v) is 2.53. The molecule has 0 saturated carbocycles. The van der Waals surface area contributed by atoms with E-state index in [4.69, 9.17) is 11.5 Å². The Morgan fingerprint density at radius 3 is 2.47 bits per heavy atom. The molecular formula is C13H14FN3. The summed E-state index contributed by atoms with van der Waals surface area (Å²) in [6.45, 7) is 0.413. The molecule has 88 valence electrons. The number of rotatable bonds is 3. The Hall–Kier alpha value is -2.23. The van der Waals surface area contributed by atoms with Crippen LogP contribution in [0.5, 0.6) is 0 Å². The molecule has 0 aliphatic rings. The molecule has 0 bridgehead atoms. The highest BCUT2D eigenvalue weighted by Gasteiger charge is 2.01. The van der Waals surface area contributed by atoms with Gasteiger partial charge in [0.25, 0.3) is 0 Å². The lowest BCUT2D eigenvalue weighted by Crippen LogP contribution is -2.03. The van der Waals surface area contributed by atoms with E-state index in [1.165, 1.54) is 6.07 Å². The van der Waals surface area contributed by atoms with E-state index >= 15 is 0 Å². The zero-order valence-electron chi connectivity index (χ0n) is 9.28. The molecule has 2 aromatic rings. The van der Waals surface area contributed by atoms with Crippen LogP contribution < -0.4 is 16.8 Å². The lowest BCUT2D eigenvalue weighted by Gasteiger charge is -2.09. The third kappa shape index (κ3) is 2.66. The van der Waals surface area contributed by atoms with Gasteiger partial charge in [0.05, 0.1) is 11.4 Å². The molecule has 0 radical (unpaired) electrons. The highest BCUT2D eigenvalue weighted by molar-refractivity contribution is 5.69. The van der Waals surface area contributed by atoms with Crippen LogP contribution in [0.3, 0.4) is 0 Å². The molecule has 0 atom stereocenters. The van der Waals surface area contributed by atoms with Gasteiger partial charge in [-0.25, -0.2) is 4.39 Å². The van der Waals surface area contributed by atoms with Gasteiger partial charge in [-0.2, -0.15) is 0 Å². The van der Waals surface area contributed by atoms with Gasteiger partial charge in [0.2, 0.25) is 0 Å². The standard InChI is InChI=1S/C13H14FN3/c14-11-4-2-1-3-9(11)8-17-10-5-6-12(15)13(16)7-10/h1-7,17H,8,15-16H2. The predicted molar refractivity (Wildman–Crippen MR) is 69.0 cm³/mol. The Labute approximate surface area is 99.2 Å². The Balaban J connectivity index is 2.08. The molecule has 0 spiro atoms. The van der Waals surface area contributed by atoms with Crippen molar-refractivity contribution in [1.82, 2.24) is 0 Å². The van der Waals surface area contributed by atoms with E-state index in [2.05, 4.69) is 5.32 Å². The fraction of sp³-hybridized carbons (Fsp3) is 0.0769. The second kappa shape index (κ2) is 4.74. The normalized spacial score (nSPS) is 10.2. The van der Waals surface area contributed by atoms with Gasteiger partial charge in [0, 0.05) is 17.8 Å². The van der Waals surface area contributed by atoms with Gasteiger partial charge in [-0.1, -0.05) is 18.2 Å². The number of anilines is 3. The molecule has 0 unspecified atom stereocenters. The number of benzene rings is 2. The monoisotopic (exact) mass is 231 g/mol. The first-order valence-electron chi connectivity index (χ1n) is 5.29. The van der Waals surface area contributed by atoms with Crippen LogP contribution >= 0.6 is 0 Å². The minimum Gasteiger partial charge on any atom is -0.397 e. The summed E-state index contributed by atoms with van der Waals surface area (Å²) in [6.07, 6.45) is 0. The molecule has 0 aromatic heterocycles. The highest BCUT2D eigenvalue weighted by atomic mass is 19.1. The van der Waals surface area contributed by atoms with Gasteiger partial charge >= 0.3 is 0 Å². The molecule has 0 heterocycles. The van der Waals surface area contributed by atoms with Crippen molar-refractivity contribution in [3.8, 4) is 0 Å². The lowest BCUT2D eigenvalue weighted by molar-refractivity contribution is 0.613. The fourth-order valence-corrected chi connectivity index (χ4v) is 1.52. The van der Waals surface area contributed by atoms with Crippen LogP contribution in [-0.4, -0.2) is 0 Å². The zero-order chi connectivity index (χ0) is 12.3. The quantitative estimate of drug-likeness (QED) is 0.711. The summed E-state index contributed by atoms with van der Waals surface area (Å²) >= 11 is 0. The van der Waals surface area contributed by atoms with E-state index in [9.17, 15) is 4.39 Å². The van der Waals surface area contributed by atoms with Gasteiger partial charge in [0.15, 0.2) is 0 Å². The number of nitrogens with one attached hydrogen (secondary N) is 1. The minimum atomic E-state index is -0.219. The third-order valence-electron chi connectivity index (χ3n) is 2.53. The van der Waals surface area contributed by atoms with Crippen LogP contribution in [0.25, 0.3) is 0 Å². The largest absolute Gasteiger partial charge is 0.397 e. The zero-order valence-corrected chi connectivity index (χ0v) is 9.28. The smallest absolute Gasteiger partial charge is 0.128 e. The lowest BCUT2D eigenvalue weighted by atomic mass is 10.2. The first kappa shape index (κ1) is 11.3. The van der Waals surface area contributed by atoms with E-state index in [0.29, 0.717) is 23.5 Å². The molecule has 17 heavy (non-hydrogen) atoms. The Bertz CT molecular complexity index is 526. The molecule has 0 fully saturated rings. The molecule has 0 aliphatic carbocycles. The van der Waals surface area contributed by atoms with Crippen LogP contribution in [0.4, 0.5) is 21.5 Å². The number of hydrogen-bond donors (Lipinski definition) is 3. The Kier molecular flexibility index (Phi) is 3.14. The van der Waals surface area contributed by atoms with Crippen molar-refractivity contribution in [2.24, 2.45) is 0 Å². The number of halogens is 1. The summed E-state index contributed by atoms with van der Waals surface area (Å²) in [7, 11) is 0. The van der Waals surface area contributed by atoms with Crippen molar-refractivity contribution in [1.29, 1.82) is 0 Å². The summed E-state index contributed by atoms with van der Waals surface area (Å²) in [5, 5.41) is 3.09. The van der Waals surface area contributed by atoms with Crippen molar-refractivity contribution in [2.45, 2.75) is 6.54 Å². The Morgan fingerprint density at radius 2 is 1.76 bits per heavy atom. The van der Waals surface area contributed by atoms with E-state index in [-0.39, 0.29) is 5.82 Å². The molecular weight excluding hydrogens is 217 g/mol. The van der Waals surface area contributed by atoms with Crippen molar-refractivity contribution in [3.05, 3.63) is 53.8 Å². The second-order valence-electron chi connectivity index (χ2n) is 3.79. The van der Waals surface area contributed by atoms with E-state index in [1.54, 1.807) is 30.3 Å². The van der Waals surface area contributed by atoms with Gasteiger partial charge in [0.1, 0.15) is 5.82 Å². The van der Waals surface area contributed by atoms with Crippen molar-refractivity contribution in [2.75, 3.05) is 16.8 Å². The van der Waals surface area contributed by atoms with Crippen molar-refractivity contribution in [3.63, 3.8) is 0 Å². The Morgan fingerprint density at radius 1 is 1.00 bits per heavy atom. The maximum absolute atomic E-state index is 13.4. The highest BCUT2D eigenvalue weighted by Crippen LogP contribution is 2.20. The fourth-order valence-electron chi connectivity index (χ4n) is 1.52. The first-order chi connectivity index (χ1) is 8.16. The molecule has 0 aliphatic heterocycles. The first-order valence-corrected chi connectivity index (χ1v) is 5.29. The van der Waals surface area contributed by atoms with E-state index in [1.807, 2.05) is 6.07 Å². The molecule has 4 heteroatoms. The van der Waals surface area contributed by atoms with Crippen LogP contribution in [0.15, 0.2) is 42.5 Å². The van der Waals surface area contributed by atoms with Crippen LogP contribution in [-0.2, 0) is 6.54 Å². The van der Waals surface area contributed by atoms with Gasteiger partial charge in [-0.15, -0.1) is 0 Å². The summed E-state index contributed by atoms with van der Waals surface area (Å²) in [5.74, 6) is -0.219. The molecule has 3 nitrogen and oxygen atoms in total. The maximum atomic E-state index is 13.4. The molecule has 0 amide bonds. The number of hydrogen-bond acceptors (Lipinski definition) is 3. The van der Waals surface area contributed by atoms with Crippen LogP contribution in [0.1, 0.15) is 5.56 Å². The molecule has 0 saturated heterocycles. The SMILES string of the molecule is Nc1ccc(NCc2ccccc2F)cc1N. The average Bonchev–Trinajstić information content (AvgIpc) is 2.32. The summed E-state index contributed by atoms with van der Waals surface area (Å²) < 4.78 is 13.4. The van der Waals surface area contributed by atoms with Crippen LogP contribution in [0, 0.1) is 5.82 Å². The van der Waals surface area contributed by atoms with Crippen LogP contribution in [0.2, 0.25) is 0 Å². The second-order valence-corrected chi connectivity index (χ2v) is 3.79. The predicted octanol–water partition coefficient (Wildman–Crippen LogP) is 2.60. The molecule has 2 aromatic carbocycles. The van der Waals surface area contributed by atoms with Gasteiger partial charge in [-0.3, -0.25) is 0 Å². The minimum absolute atomic E-state index is 0.219. The van der Waals surface area contributed by atoms with E-state index in [0.717, 1.165) is 5.69 Å². The van der Waals surface area contributed by atoms with Crippen molar-refractivity contribution < 1.29 is 4.39 Å². The van der Waals surface area contributed by atoms with Crippen molar-refractivity contribution >= 4 is 17.1 Å². The van der Waals surface area contributed by atoms with E-state index < -0.39 is 0 Å². The summed E-state index contributed by atoms with van der Waals surface area (Å²) in [4.78, 5) is 0. The number of nitrogen functional groups attached to an aromatic ring is 2. The average molecular weight is 231 g/mol. The van der Waals surface area contributed by atoms with Gasteiger partial charge in [-0.05, 0) is 24.3 Å². The molecule has 5 N–H and O–H groups in total. The maximum Gasteiger partial charge on any atom is 0.128 e.